The second-order valence-corrected chi connectivity index (χ2v) is 2.81. The first-order valence-corrected chi connectivity index (χ1v) is 4.07. The highest BCUT2D eigenvalue weighted by molar-refractivity contribution is 5.79. The van der Waals surface area contributed by atoms with E-state index in [4.69, 9.17) is 10.6 Å². The lowest BCUT2D eigenvalue weighted by Crippen LogP contribution is -2.53. The van der Waals surface area contributed by atoms with Crippen LogP contribution in [0.1, 0.15) is 6.92 Å². The van der Waals surface area contributed by atoms with Crippen molar-refractivity contribution in [1.82, 2.24) is 10.3 Å². The Hall–Kier alpha value is -0.810. The molecule has 1 aliphatic heterocycles. The molecule has 5 nitrogen and oxygen atoms in total. The van der Waals surface area contributed by atoms with Crippen molar-refractivity contribution in [3.8, 4) is 0 Å². The number of nitrogens with one attached hydrogen (secondary N) is 1. The molecule has 1 saturated heterocycles. The van der Waals surface area contributed by atoms with Gasteiger partial charge >= 0.3 is 0 Å². The van der Waals surface area contributed by atoms with E-state index < -0.39 is 0 Å². The van der Waals surface area contributed by atoms with Gasteiger partial charge in [0, 0.05) is 13.6 Å². The van der Waals surface area contributed by atoms with Crippen molar-refractivity contribution in [3.63, 3.8) is 0 Å². The SMILES string of the molecule is CN=C(NN)N1CCOCC1C. The van der Waals surface area contributed by atoms with E-state index in [1.54, 1.807) is 7.05 Å². The molecule has 70 valence electrons. The van der Waals surface area contributed by atoms with E-state index in [2.05, 4.69) is 22.2 Å². The van der Waals surface area contributed by atoms with Crippen LogP contribution < -0.4 is 11.3 Å². The van der Waals surface area contributed by atoms with Crippen molar-refractivity contribution in [2.45, 2.75) is 13.0 Å². The van der Waals surface area contributed by atoms with Crippen molar-refractivity contribution in [3.05, 3.63) is 0 Å². The smallest absolute Gasteiger partial charge is 0.208 e. The van der Waals surface area contributed by atoms with Crippen molar-refractivity contribution in [2.75, 3.05) is 26.8 Å². The summed E-state index contributed by atoms with van der Waals surface area (Å²) >= 11 is 0. The highest BCUT2D eigenvalue weighted by atomic mass is 16.5. The molecule has 12 heavy (non-hydrogen) atoms. The number of nitrogens with zero attached hydrogens (tertiary/aromatic N) is 2. The quantitative estimate of drug-likeness (QED) is 0.216. The molecular weight excluding hydrogens is 156 g/mol. The first-order chi connectivity index (χ1) is 5.79. The Morgan fingerprint density at radius 1 is 1.75 bits per heavy atom. The predicted molar refractivity (Wildman–Crippen MR) is 47.7 cm³/mol. The van der Waals surface area contributed by atoms with Gasteiger partial charge in [0.1, 0.15) is 0 Å². The second-order valence-electron chi connectivity index (χ2n) is 2.81. The summed E-state index contributed by atoms with van der Waals surface area (Å²) in [4.78, 5) is 6.13. The number of rotatable bonds is 0. The van der Waals surface area contributed by atoms with Crippen molar-refractivity contribution in [2.24, 2.45) is 10.8 Å². The number of nitrogens with two attached hydrogens (primary N) is 1. The molecule has 0 saturated carbocycles. The van der Waals surface area contributed by atoms with Crippen LogP contribution in [-0.4, -0.2) is 43.7 Å². The number of hydrogen-bond acceptors (Lipinski definition) is 3. The summed E-state index contributed by atoms with van der Waals surface area (Å²) < 4.78 is 5.29. The third kappa shape index (κ3) is 1.86. The first-order valence-electron chi connectivity index (χ1n) is 4.07. The van der Waals surface area contributed by atoms with Crippen LogP contribution in [-0.2, 0) is 4.74 Å². The third-order valence-electron chi connectivity index (χ3n) is 1.98. The molecule has 0 amide bonds. The topological polar surface area (TPSA) is 62.9 Å². The lowest BCUT2D eigenvalue weighted by Gasteiger charge is -2.34. The standard InChI is InChI=1S/C7H16N4O/c1-6-5-12-4-3-11(6)7(9-2)10-8/h6H,3-5,8H2,1-2H3,(H,9,10). The maximum Gasteiger partial charge on any atom is 0.208 e. The van der Waals surface area contributed by atoms with E-state index in [1.165, 1.54) is 0 Å². The molecule has 1 fully saturated rings. The van der Waals surface area contributed by atoms with Gasteiger partial charge in [-0.25, -0.2) is 5.84 Å². The number of hydrogen-bond donors (Lipinski definition) is 2. The number of guanidine groups is 1. The van der Waals surface area contributed by atoms with Gasteiger partial charge in [-0.1, -0.05) is 0 Å². The van der Waals surface area contributed by atoms with E-state index in [0.717, 1.165) is 25.7 Å². The van der Waals surface area contributed by atoms with Gasteiger partial charge in [0.05, 0.1) is 19.3 Å². The van der Waals surface area contributed by atoms with E-state index in [-0.39, 0.29) is 0 Å². The average molecular weight is 172 g/mol. The molecule has 0 radical (unpaired) electrons. The monoisotopic (exact) mass is 172 g/mol. The highest BCUT2D eigenvalue weighted by Gasteiger charge is 2.20. The van der Waals surface area contributed by atoms with Crippen LogP contribution in [0.15, 0.2) is 4.99 Å². The van der Waals surface area contributed by atoms with Gasteiger partial charge in [0.15, 0.2) is 0 Å². The first kappa shape index (κ1) is 9.28. The van der Waals surface area contributed by atoms with Gasteiger partial charge in [-0.15, -0.1) is 0 Å². The normalized spacial score (nSPS) is 25.8. The van der Waals surface area contributed by atoms with Crippen LogP contribution in [0.3, 0.4) is 0 Å². The summed E-state index contributed by atoms with van der Waals surface area (Å²) in [6.45, 7) is 4.41. The zero-order valence-corrected chi connectivity index (χ0v) is 7.58. The lowest BCUT2D eigenvalue weighted by atomic mass is 10.3. The van der Waals surface area contributed by atoms with Crippen LogP contribution in [0, 0.1) is 0 Å². The Labute approximate surface area is 72.6 Å². The Morgan fingerprint density at radius 2 is 2.50 bits per heavy atom. The third-order valence-corrected chi connectivity index (χ3v) is 1.98. The number of ether oxygens (including phenoxy) is 1. The van der Waals surface area contributed by atoms with E-state index >= 15 is 0 Å². The Bertz CT molecular complexity index is 171. The van der Waals surface area contributed by atoms with Crippen LogP contribution in [0.2, 0.25) is 0 Å². The Kier molecular flexibility index (Phi) is 3.31. The van der Waals surface area contributed by atoms with Gasteiger partial charge in [-0.05, 0) is 6.92 Å². The van der Waals surface area contributed by atoms with Crippen molar-refractivity contribution >= 4 is 5.96 Å². The summed E-state index contributed by atoms with van der Waals surface area (Å²) in [5.74, 6) is 6.04. The molecule has 0 aromatic carbocycles. The van der Waals surface area contributed by atoms with Crippen LogP contribution >= 0.6 is 0 Å². The molecule has 1 unspecified atom stereocenters. The zero-order chi connectivity index (χ0) is 8.97. The molecule has 3 N–H and O–H groups in total. The molecule has 5 heteroatoms. The molecule has 0 aliphatic carbocycles. The molecule has 0 bridgehead atoms. The average Bonchev–Trinajstić information content (AvgIpc) is 2.10. The maximum atomic E-state index is 5.31. The lowest BCUT2D eigenvalue weighted by molar-refractivity contribution is 0.0315. The maximum absolute atomic E-state index is 5.31. The summed E-state index contributed by atoms with van der Waals surface area (Å²) in [5.41, 5.74) is 2.57. The summed E-state index contributed by atoms with van der Waals surface area (Å²) in [6, 6.07) is 0.341. The van der Waals surface area contributed by atoms with E-state index in [0.29, 0.717) is 6.04 Å². The van der Waals surface area contributed by atoms with E-state index in [1.807, 2.05) is 0 Å². The van der Waals surface area contributed by atoms with Gasteiger partial charge < -0.3 is 9.64 Å². The minimum absolute atomic E-state index is 0.341. The van der Waals surface area contributed by atoms with Crippen LogP contribution in [0.5, 0.6) is 0 Å². The molecule has 1 heterocycles. The Balaban J connectivity index is 2.58. The van der Waals surface area contributed by atoms with Crippen LogP contribution in [0.4, 0.5) is 0 Å². The largest absolute Gasteiger partial charge is 0.377 e. The second kappa shape index (κ2) is 4.27. The molecule has 0 aromatic rings. The summed E-state index contributed by atoms with van der Waals surface area (Å²) in [7, 11) is 1.72. The van der Waals surface area contributed by atoms with Gasteiger partial charge in [-0.2, -0.15) is 0 Å². The fraction of sp³-hybridized carbons (Fsp3) is 0.857. The van der Waals surface area contributed by atoms with E-state index in [9.17, 15) is 0 Å². The number of morpholine rings is 1. The molecule has 1 aliphatic rings. The molecule has 1 atom stereocenters. The minimum atomic E-state index is 0.341. The Morgan fingerprint density at radius 3 is 3.00 bits per heavy atom. The molecular formula is C7H16N4O. The zero-order valence-electron chi connectivity index (χ0n) is 7.58. The number of aliphatic imine (C=N–C) groups is 1. The summed E-state index contributed by atoms with van der Waals surface area (Å²) in [5, 5.41) is 0. The van der Waals surface area contributed by atoms with Crippen LogP contribution in [0.25, 0.3) is 0 Å². The molecule has 1 rings (SSSR count). The highest BCUT2D eigenvalue weighted by Crippen LogP contribution is 2.05. The fourth-order valence-corrected chi connectivity index (χ4v) is 1.32. The molecule has 0 aromatic heterocycles. The summed E-state index contributed by atoms with van der Waals surface area (Å²) in [6.07, 6.45) is 0. The minimum Gasteiger partial charge on any atom is -0.377 e. The van der Waals surface area contributed by atoms with Gasteiger partial charge in [0.2, 0.25) is 5.96 Å². The van der Waals surface area contributed by atoms with Crippen molar-refractivity contribution in [1.29, 1.82) is 0 Å². The molecule has 0 spiro atoms. The predicted octanol–water partition coefficient (Wildman–Crippen LogP) is -0.844. The van der Waals surface area contributed by atoms with Gasteiger partial charge in [0.25, 0.3) is 0 Å². The number of hydrazine groups is 1. The van der Waals surface area contributed by atoms with Crippen molar-refractivity contribution < 1.29 is 4.74 Å². The fourth-order valence-electron chi connectivity index (χ4n) is 1.32. The van der Waals surface area contributed by atoms with Gasteiger partial charge in [-0.3, -0.25) is 10.4 Å².